The molecule has 0 spiro atoms. The fraction of sp³-hybridized carbons (Fsp3) is 0.534. The fourth-order valence-electron chi connectivity index (χ4n) is 8.23. The molecule has 4 aromatic rings. The molecular formula is C58H87N7O5S6. The van der Waals surface area contributed by atoms with Crippen LogP contribution in [0.15, 0.2) is 119 Å². The number of nitrogens with two attached hydrogens (primary N) is 1. The Kier molecular flexibility index (Phi) is 35.1. The third kappa shape index (κ3) is 28.6. The van der Waals surface area contributed by atoms with Crippen LogP contribution in [0.3, 0.4) is 0 Å². The first-order chi connectivity index (χ1) is 37.4. The molecule has 0 aromatic heterocycles. The van der Waals surface area contributed by atoms with E-state index in [4.69, 9.17) is 15.2 Å². The predicted molar refractivity (Wildman–Crippen MR) is 329 cm³/mol. The number of thioether (sulfide) groups is 4. The van der Waals surface area contributed by atoms with E-state index < -0.39 is 10.0 Å². The van der Waals surface area contributed by atoms with Crippen LogP contribution in [0.5, 0.6) is 0 Å². The molecule has 5 saturated heterocycles. The van der Waals surface area contributed by atoms with Gasteiger partial charge in [0.15, 0.2) is 0 Å². The number of rotatable bonds is 0. The van der Waals surface area contributed by atoms with Crippen molar-refractivity contribution in [2.24, 2.45) is 5.73 Å². The van der Waals surface area contributed by atoms with E-state index in [0.717, 1.165) is 51.6 Å². The maximum atomic E-state index is 11.1. The molecule has 0 saturated carbocycles. The van der Waals surface area contributed by atoms with E-state index in [1.54, 1.807) is 36.2 Å². The van der Waals surface area contributed by atoms with Gasteiger partial charge in [0.25, 0.3) is 0 Å². The van der Waals surface area contributed by atoms with Gasteiger partial charge in [-0.1, -0.05) is 116 Å². The van der Waals surface area contributed by atoms with Crippen LogP contribution in [-0.4, -0.2) is 106 Å². The molecule has 0 aliphatic carbocycles. The van der Waals surface area contributed by atoms with Crippen molar-refractivity contribution in [2.75, 3.05) is 85.4 Å². The number of carbonyl (C=O) groups is 1. The number of hydrogen-bond donors (Lipinski definition) is 7. The Hall–Kier alpha value is -2.53. The van der Waals surface area contributed by atoms with Gasteiger partial charge in [0.2, 0.25) is 15.9 Å². The summed E-state index contributed by atoms with van der Waals surface area (Å²) in [5, 5.41) is 12.5. The Morgan fingerprint density at radius 3 is 1.41 bits per heavy atom. The summed E-state index contributed by atoms with van der Waals surface area (Å²) in [6.45, 7) is 12.1. The highest BCUT2D eigenvalue weighted by Gasteiger charge is 2.24. The molecule has 14 rings (SSSR count). The molecule has 0 radical (unpaired) electrons. The molecule has 10 aliphatic rings. The summed E-state index contributed by atoms with van der Waals surface area (Å²) in [4.78, 5) is 12.2. The van der Waals surface area contributed by atoms with E-state index in [1.807, 2.05) is 36.0 Å². The summed E-state index contributed by atoms with van der Waals surface area (Å²) in [5.74, 6) is 10.7. The summed E-state index contributed by atoms with van der Waals surface area (Å²) in [6, 6.07) is 32.3. The Morgan fingerprint density at radius 2 is 0.974 bits per heavy atom. The van der Waals surface area contributed by atoms with Crippen molar-refractivity contribution in [1.29, 1.82) is 0 Å². The Labute approximate surface area is 478 Å². The number of piperidine rings is 1. The minimum Gasteiger partial charge on any atom is -0.380 e. The SMILES string of the molecule is C1CCCNCC1.C1CCNCC1.C1CCSC1.C1CSCCO1.C1CSCCS1.NC1C=CCC(=O)N1.O=S1(=O)NCc2ccccc21.c1ccc2c(c1)CNC2.c1ccc2c(c1)CNS2.c1ccc2c(c1)COC2. The molecule has 18 heteroatoms. The van der Waals surface area contributed by atoms with Crippen molar-refractivity contribution in [3.63, 3.8) is 0 Å². The minimum atomic E-state index is -3.16. The standard InChI is InChI=1S/C8H9N.C8H8O.C7H7NO2S.C7H7NS.C6H13N.C5H8N2O.C5H11N.C4H8OS.C4H8S2.C4H8S/c2*1-2-4-8-6-9-5-7(8)3-1;9-11(10)7-4-2-1-3-6(7)5-8-11;1-2-4-7-6(3-1)5-8-9-7;1-2-4-6-7-5-3-1;6-4-2-1-3-5(8)7-4;1-2-4-6-5-3-1;1-3-6-4-2-5-1;1-2-6-4-3-5-1;1-2-4-5-3-1/h1-4,9H,5-6H2;1-4H,5-6H2;1-4,8H,5H2;1-4,8H,5H2;7H,1-6H2;1-2,4H,3,6H2,(H,7,8);6H,1-5H2;2*1-4H2;1-4H2. The lowest BCUT2D eigenvalue weighted by Crippen LogP contribution is -2.41. The van der Waals surface area contributed by atoms with Gasteiger partial charge in [0, 0.05) is 72.0 Å². The highest BCUT2D eigenvalue weighted by molar-refractivity contribution is 8.06. The number of benzene rings is 4. The minimum absolute atomic E-state index is 0.000000000000000222. The maximum Gasteiger partial charge on any atom is 0.241 e. The van der Waals surface area contributed by atoms with E-state index >= 15 is 0 Å². The molecule has 0 bridgehead atoms. The zero-order valence-corrected chi connectivity index (χ0v) is 49.6. The first kappa shape index (κ1) is 64.3. The van der Waals surface area contributed by atoms with Crippen LogP contribution >= 0.6 is 59.0 Å². The van der Waals surface area contributed by atoms with E-state index in [2.05, 4.69) is 127 Å². The molecule has 1 atom stereocenters. The molecule has 12 nitrogen and oxygen atoms in total. The van der Waals surface area contributed by atoms with Crippen molar-refractivity contribution in [2.45, 2.75) is 120 Å². The number of hydrogen-bond acceptors (Lipinski definition) is 15. The van der Waals surface area contributed by atoms with Crippen molar-refractivity contribution < 1.29 is 22.7 Å². The van der Waals surface area contributed by atoms with Gasteiger partial charge >= 0.3 is 0 Å². The topological polar surface area (TPSA) is 168 Å². The van der Waals surface area contributed by atoms with Gasteiger partial charge < -0.3 is 36.5 Å². The molecule has 5 fully saturated rings. The van der Waals surface area contributed by atoms with Crippen molar-refractivity contribution >= 4 is 74.9 Å². The lowest BCUT2D eigenvalue weighted by Gasteiger charge is -2.11. The van der Waals surface area contributed by atoms with Crippen LogP contribution in [0.2, 0.25) is 0 Å². The molecule has 76 heavy (non-hydrogen) atoms. The third-order valence-corrected chi connectivity index (χ3v) is 19.4. The summed E-state index contributed by atoms with van der Waals surface area (Å²) in [5.41, 5.74) is 13.2. The molecular weight excluding hydrogens is 1070 g/mol. The Balaban J connectivity index is 0.000000157. The number of carbonyl (C=O) groups excluding carboxylic acids is 1. The number of fused-ring (bicyclic) bond motifs is 4. The maximum absolute atomic E-state index is 11.1. The second-order valence-corrected chi connectivity index (χ2v) is 26.1. The van der Waals surface area contributed by atoms with Crippen molar-refractivity contribution in [3.05, 3.63) is 143 Å². The average Bonchev–Trinajstić information content (AvgIpc) is 4.37. The molecule has 8 N–H and O–H groups in total. The number of amides is 1. The Morgan fingerprint density at radius 1 is 0.487 bits per heavy atom. The highest BCUT2D eigenvalue weighted by atomic mass is 32.2. The van der Waals surface area contributed by atoms with Gasteiger partial charge in [0.1, 0.15) is 0 Å². The number of sulfonamides is 1. The summed E-state index contributed by atoms with van der Waals surface area (Å²) in [6.07, 6.45) is 16.5. The number of ether oxygens (including phenoxy) is 2. The van der Waals surface area contributed by atoms with Crippen molar-refractivity contribution in [3.8, 4) is 0 Å². The van der Waals surface area contributed by atoms with Crippen LogP contribution in [0, 0.1) is 0 Å². The van der Waals surface area contributed by atoms with Gasteiger partial charge in [-0.3, -0.25) is 9.52 Å². The van der Waals surface area contributed by atoms with E-state index in [0.29, 0.717) is 17.9 Å². The fourth-order valence-corrected chi connectivity index (χ4v) is 14.3. The van der Waals surface area contributed by atoms with Crippen LogP contribution in [0.4, 0.5) is 0 Å². The summed E-state index contributed by atoms with van der Waals surface area (Å²) in [7, 11) is -3.16. The van der Waals surface area contributed by atoms with E-state index in [1.165, 1.54) is 163 Å². The van der Waals surface area contributed by atoms with Gasteiger partial charge in [-0.2, -0.15) is 47.0 Å². The third-order valence-electron chi connectivity index (χ3n) is 12.5. The van der Waals surface area contributed by atoms with Crippen molar-refractivity contribution in [1.82, 2.24) is 30.7 Å². The summed E-state index contributed by atoms with van der Waals surface area (Å²) < 4.78 is 38.2. The second-order valence-electron chi connectivity index (χ2n) is 18.6. The molecule has 1 unspecified atom stereocenters. The molecule has 1 amide bonds. The zero-order valence-electron chi connectivity index (χ0n) is 44.8. The molecule has 4 aromatic carbocycles. The smallest absolute Gasteiger partial charge is 0.241 e. The normalized spacial score (nSPS) is 20.8. The molecule has 10 heterocycles. The zero-order chi connectivity index (χ0) is 53.4. The lowest BCUT2D eigenvalue weighted by molar-refractivity contribution is -0.120. The van der Waals surface area contributed by atoms with Gasteiger partial charge in [-0.25, -0.2) is 13.1 Å². The first-order valence-electron chi connectivity index (χ1n) is 27.4. The second kappa shape index (κ2) is 41.5. The van der Waals surface area contributed by atoms with Gasteiger partial charge in [0.05, 0.1) is 37.5 Å². The average molecular weight is 1150 g/mol. The largest absolute Gasteiger partial charge is 0.380 e. The monoisotopic (exact) mass is 1150 g/mol. The number of nitrogens with one attached hydrogen (secondary N) is 6. The Bertz CT molecular complexity index is 2020. The van der Waals surface area contributed by atoms with E-state index in [-0.39, 0.29) is 12.1 Å². The first-order valence-corrected chi connectivity index (χ1v) is 34.3. The van der Waals surface area contributed by atoms with Gasteiger partial charge in [-0.05, 0) is 134 Å². The molecule has 420 valence electrons. The van der Waals surface area contributed by atoms with Crippen LogP contribution in [-0.2, 0) is 63.7 Å². The molecule has 10 aliphatic heterocycles. The van der Waals surface area contributed by atoms with Crippen LogP contribution in [0.25, 0.3) is 0 Å². The van der Waals surface area contributed by atoms with Gasteiger partial charge in [-0.15, -0.1) is 0 Å². The quantitative estimate of drug-likeness (QED) is 0.0656. The predicted octanol–water partition coefficient (Wildman–Crippen LogP) is 10.3. The van der Waals surface area contributed by atoms with Crippen LogP contribution < -0.4 is 36.4 Å². The lowest BCUT2D eigenvalue weighted by atomic mass is 10.1. The summed E-state index contributed by atoms with van der Waals surface area (Å²) >= 11 is 9.91. The van der Waals surface area contributed by atoms with E-state index in [9.17, 15) is 13.2 Å². The van der Waals surface area contributed by atoms with Crippen LogP contribution in [0.1, 0.15) is 97.6 Å². The highest BCUT2D eigenvalue weighted by Crippen LogP contribution is 2.26.